The van der Waals surface area contributed by atoms with E-state index in [9.17, 15) is 4.79 Å². The third kappa shape index (κ3) is 5.43. The Bertz CT molecular complexity index is 741. The maximum atomic E-state index is 11.7. The summed E-state index contributed by atoms with van der Waals surface area (Å²) in [5, 5.41) is 4.85. The minimum atomic E-state index is -0.345. The molecule has 1 amide bonds. The normalized spacial score (nSPS) is 11.1. The van der Waals surface area contributed by atoms with Crippen molar-refractivity contribution in [1.82, 2.24) is 5.43 Å². The van der Waals surface area contributed by atoms with Gasteiger partial charge in [0.05, 0.1) is 18.3 Å². The molecule has 0 aromatic heterocycles. The molecule has 4 nitrogen and oxygen atoms in total. The molecule has 0 saturated heterocycles. The first-order valence-electron chi connectivity index (χ1n) is 6.69. The third-order valence-corrected chi connectivity index (χ3v) is 3.45. The summed E-state index contributed by atoms with van der Waals surface area (Å²) in [6.07, 6.45) is 4.53. The number of carbonyl (C=O) groups excluding carboxylic acids is 1. The molecule has 0 heterocycles. The number of rotatable bonds is 5. The molecule has 0 saturated carbocycles. The van der Waals surface area contributed by atoms with Crippen LogP contribution >= 0.6 is 23.2 Å². The van der Waals surface area contributed by atoms with Crippen LogP contribution in [0.3, 0.4) is 0 Å². The van der Waals surface area contributed by atoms with Crippen molar-refractivity contribution >= 4 is 41.4 Å². The van der Waals surface area contributed by atoms with Crippen molar-refractivity contribution in [2.75, 3.05) is 7.11 Å². The Morgan fingerprint density at radius 3 is 2.57 bits per heavy atom. The molecule has 118 valence electrons. The zero-order valence-electron chi connectivity index (χ0n) is 12.3. The van der Waals surface area contributed by atoms with Crippen molar-refractivity contribution in [3.8, 4) is 5.75 Å². The Kier molecular flexibility index (Phi) is 6.20. The van der Waals surface area contributed by atoms with Crippen LogP contribution in [0.2, 0.25) is 10.0 Å². The van der Waals surface area contributed by atoms with Gasteiger partial charge in [-0.25, -0.2) is 5.43 Å². The highest BCUT2D eigenvalue weighted by Crippen LogP contribution is 2.19. The molecule has 0 aliphatic carbocycles. The van der Waals surface area contributed by atoms with E-state index < -0.39 is 0 Å². The van der Waals surface area contributed by atoms with Crippen molar-refractivity contribution < 1.29 is 9.53 Å². The first kappa shape index (κ1) is 17.1. The molecule has 1 N–H and O–H groups in total. The van der Waals surface area contributed by atoms with E-state index in [1.807, 2.05) is 24.3 Å². The summed E-state index contributed by atoms with van der Waals surface area (Å²) in [6, 6.07) is 12.3. The van der Waals surface area contributed by atoms with E-state index in [0.29, 0.717) is 15.6 Å². The van der Waals surface area contributed by atoms with E-state index in [1.165, 1.54) is 12.3 Å². The molecule has 2 aromatic carbocycles. The van der Waals surface area contributed by atoms with Crippen LogP contribution in [-0.4, -0.2) is 19.2 Å². The number of hydrogen-bond donors (Lipinski definition) is 1. The third-order valence-electron chi connectivity index (χ3n) is 2.88. The number of nitrogens with one attached hydrogen (secondary N) is 1. The highest BCUT2D eigenvalue weighted by molar-refractivity contribution is 6.36. The first-order valence-corrected chi connectivity index (χ1v) is 7.44. The fourth-order valence-electron chi connectivity index (χ4n) is 1.70. The predicted octanol–water partition coefficient (Wildman–Crippen LogP) is 4.17. The number of benzene rings is 2. The molecule has 2 rings (SSSR count). The lowest BCUT2D eigenvalue weighted by atomic mass is 10.2. The highest BCUT2D eigenvalue weighted by Gasteiger charge is 1.98. The molecule has 0 aliphatic rings. The minimum absolute atomic E-state index is 0.345. The van der Waals surface area contributed by atoms with Crippen molar-refractivity contribution in [3.05, 3.63) is 69.7 Å². The number of amides is 1. The van der Waals surface area contributed by atoms with Gasteiger partial charge in [-0.2, -0.15) is 5.10 Å². The molecule has 0 aliphatic heterocycles. The molecule has 23 heavy (non-hydrogen) atoms. The van der Waals surface area contributed by atoms with Crippen LogP contribution in [0.5, 0.6) is 5.75 Å². The fourth-order valence-corrected chi connectivity index (χ4v) is 2.15. The maximum Gasteiger partial charge on any atom is 0.264 e. The largest absolute Gasteiger partial charge is 0.497 e. The van der Waals surface area contributed by atoms with Crippen molar-refractivity contribution in [3.63, 3.8) is 0 Å². The predicted molar refractivity (Wildman–Crippen MR) is 94.2 cm³/mol. The Hall–Kier alpha value is -2.30. The lowest BCUT2D eigenvalue weighted by Gasteiger charge is -1.99. The Balaban J connectivity index is 1.91. The van der Waals surface area contributed by atoms with Gasteiger partial charge < -0.3 is 4.74 Å². The zero-order valence-corrected chi connectivity index (χ0v) is 13.8. The summed E-state index contributed by atoms with van der Waals surface area (Å²) < 4.78 is 5.07. The average Bonchev–Trinajstić information content (AvgIpc) is 2.55. The van der Waals surface area contributed by atoms with Gasteiger partial charge in [0.2, 0.25) is 0 Å². The number of halogens is 2. The smallest absolute Gasteiger partial charge is 0.264 e. The molecular formula is C17H14Cl2N2O2. The summed E-state index contributed by atoms with van der Waals surface area (Å²) in [5.41, 5.74) is 3.94. The SMILES string of the molecule is COc1ccc(/C=C/C(=O)N/N=C\c2ccc(Cl)cc2Cl)cc1. The van der Waals surface area contributed by atoms with Gasteiger partial charge in [0.1, 0.15) is 5.75 Å². The molecule has 0 bridgehead atoms. The molecule has 6 heteroatoms. The van der Waals surface area contributed by atoms with Gasteiger partial charge in [-0.05, 0) is 35.9 Å². The van der Waals surface area contributed by atoms with Gasteiger partial charge >= 0.3 is 0 Å². The second-order valence-corrected chi connectivity index (χ2v) is 5.35. The number of hydrogen-bond acceptors (Lipinski definition) is 3. The Morgan fingerprint density at radius 2 is 1.91 bits per heavy atom. The molecule has 0 fully saturated rings. The zero-order chi connectivity index (χ0) is 16.7. The molecule has 2 aromatic rings. The van der Waals surface area contributed by atoms with Gasteiger partial charge in [0.25, 0.3) is 5.91 Å². The van der Waals surface area contributed by atoms with E-state index in [2.05, 4.69) is 10.5 Å². The number of carbonyl (C=O) groups is 1. The van der Waals surface area contributed by atoms with Gasteiger partial charge in [-0.1, -0.05) is 41.4 Å². The lowest BCUT2D eigenvalue weighted by Crippen LogP contribution is -2.14. The molecule has 0 radical (unpaired) electrons. The van der Waals surface area contributed by atoms with E-state index in [4.69, 9.17) is 27.9 Å². The summed E-state index contributed by atoms with van der Waals surface area (Å²) in [5.74, 6) is 0.415. The fraction of sp³-hybridized carbons (Fsp3) is 0.0588. The van der Waals surface area contributed by atoms with E-state index >= 15 is 0 Å². The molecule has 0 atom stereocenters. The minimum Gasteiger partial charge on any atom is -0.497 e. The summed E-state index contributed by atoms with van der Waals surface area (Å²) in [4.78, 5) is 11.7. The Labute approximate surface area is 144 Å². The van der Waals surface area contributed by atoms with Crippen LogP contribution in [-0.2, 0) is 4.79 Å². The second-order valence-electron chi connectivity index (χ2n) is 4.51. The summed E-state index contributed by atoms with van der Waals surface area (Å²) >= 11 is 11.8. The Morgan fingerprint density at radius 1 is 1.17 bits per heavy atom. The van der Waals surface area contributed by atoms with Crippen molar-refractivity contribution in [2.45, 2.75) is 0 Å². The van der Waals surface area contributed by atoms with Gasteiger partial charge in [0, 0.05) is 16.7 Å². The van der Waals surface area contributed by atoms with E-state index in [0.717, 1.165) is 11.3 Å². The number of hydrazone groups is 1. The van der Waals surface area contributed by atoms with Gasteiger partial charge in [0.15, 0.2) is 0 Å². The van der Waals surface area contributed by atoms with Crippen molar-refractivity contribution in [1.29, 1.82) is 0 Å². The van der Waals surface area contributed by atoms with Gasteiger partial charge in [-0.3, -0.25) is 4.79 Å². The first-order chi connectivity index (χ1) is 11.1. The topological polar surface area (TPSA) is 50.7 Å². The molecule has 0 spiro atoms. The van der Waals surface area contributed by atoms with Crippen LogP contribution in [0.25, 0.3) is 6.08 Å². The quantitative estimate of drug-likeness (QED) is 0.501. The highest BCUT2D eigenvalue weighted by atomic mass is 35.5. The van der Waals surface area contributed by atoms with Crippen LogP contribution in [0.15, 0.2) is 53.6 Å². The summed E-state index contributed by atoms with van der Waals surface area (Å²) in [7, 11) is 1.60. The summed E-state index contributed by atoms with van der Waals surface area (Å²) in [6.45, 7) is 0. The lowest BCUT2D eigenvalue weighted by molar-refractivity contribution is -0.116. The maximum absolute atomic E-state index is 11.7. The monoisotopic (exact) mass is 348 g/mol. The van der Waals surface area contributed by atoms with Gasteiger partial charge in [-0.15, -0.1) is 0 Å². The number of ether oxygens (including phenoxy) is 1. The average molecular weight is 349 g/mol. The van der Waals surface area contributed by atoms with Crippen LogP contribution < -0.4 is 10.2 Å². The van der Waals surface area contributed by atoms with E-state index in [-0.39, 0.29) is 5.91 Å². The number of nitrogens with zero attached hydrogens (tertiary/aromatic N) is 1. The second kappa shape index (κ2) is 8.36. The van der Waals surface area contributed by atoms with E-state index in [1.54, 1.807) is 31.4 Å². The number of methoxy groups -OCH3 is 1. The molecule has 0 unspecified atom stereocenters. The standard InChI is InChI=1S/C17H14Cl2N2O2/c1-23-15-7-2-12(3-8-15)4-9-17(22)21-20-11-13-5-6-14(18)10-16(13)19/h2-11H,1H3,(H,21,22)/b9-4+,20-11-. The van der Waals surface area contributed by atoms with Crippen LogP contribution in [0.1, 0.15) is 11.1 Å². The molecular weight excluding hydrogens is 335 g/mol. The van der Waals surface area contributed by atoms with Crippen molar-refractivity contribution in [2.24, 2.45) is 5.10 Å². The van der Waals surface area contributed by atoms with Crippen LogP contribution in [0.4, 0.5) is 0 Å². The van der Waals surface area contributed by atoms with Crippen LogP contribution in [0, 0.1) is 0 Å².